The van der Waals surface area contributed by atoms with Crippen LogP contribution in [0.15, 0.2) is 30.6 Å². The number of benzene rings is 1. The van der Waals surface area contributed by atoms with Crippen LogP contribution in [0.1, 0.15) is 24.3 Å². The Morgan fingerprint density at radius 1 is 1.20 bits per heavy atom. The molecule has 2 saturated heterocycles. The van der Waals surface area contributed by atoms with Gasteiger partial charge in [-0.15, -0.1) is 0 Å². The van der Waals surface area contributed by atoms with E-state index in [1.165, 1.54) is 0 Å². The quantitative estimate of drug-likeness (QED) is 0.737. The van der Waals surface area contributed by atoms with Gasteiger partial charge in [-0.2, -0.15) is 0 Å². The highest BCUT2D eigenvalue weighted by Crippen LogP contribution is 2.53. The number of hydrogen-bond donors (Lipinski definition) is 1. The van der Waals surface area contributed by atoms with Gasteiger partial charge in [0.2, 0.25) is 5.75 Å². The summed E-state index contributed by atoms with van der Waals surface area (Å²) in [5.74, 6) is 0.695. The van der Waals surface area contributed by atoms with Gasteiger partial charge in [0.1, 0.15) is 0 Å². The normalized spacial score (nSPS) is 23.7. The van der Waals surface area contributed by atoms with Gasteiger partial charge in [0.05, 0.1) is 18.6 Å². The number of methoxy groups -OCH3 is 1. The van der Waals surface area contributed by atoms with Gasteiger partial charge >= 0.3 is 7.12 Å². The lowest BCUT2D eigenvalue weighted by molar-refractivity contribution is -0.0860. The van der Waals surface area contributed by atoms with Gasteiger partial charge in [-0.05, 0) is 30.1 Å². The maximum absolute atomic E-state index is 11.9. The highest BCUT2D eigenvalue weighted by atomic mass is 32.2. The molecular weight excluding hydrogens is 409 g/mol. The van der Waals surface area contributed by atoms with Crippen molar-refractivity contribution in [2.75, 3.05) is 25.2 Å². The summed E-state index contributed by atoms with van der Waals surface area (Å²) in [6.07, 6.45) is 4.59. The van der Waals surface area contributed by atoms with Crippen LogP contribution in [-0.2, 0) is 14.5 Å². The Labute approximate surface area is 175 Å². The molecule has 1 unspecified atom stereocenters. The number of hydrogen-bond acceptors (Lipinski definition) is 8. The van der Waals surface area contributed by atoms with E-state index in [2.05, 4.69) is 4.98 Å². The highest BCUT2D eigenvalue weighted by Gasteiger charge is 2.48. The molecule has 0 radical (unpaired) electrons. The van der Waals surface area contributed by atoms with E-state index in [0.29, 0.717) is 30.2 Å². The largest absolute Gasteiger partial charge is 0.493 e. The van der Waals surface area contributed by atoms with E-state index in [9.17, 15) is 13.4 Å². The number of ether oxygens (including phenoxy) is 3. The first-order valence-electron chi connectivity index (χ1n) is 9.92. The number of pyridine rings is 1. The molecule has 4 heterocycles. The molecular formula is C20H22BNO7S. The van der Waals surface area contributed by atoms with Gasteiger partial charge in [-0.3, -0.25) is 4.98 Å². The first kappa shape index (κ1) is 19.7. The van der Waals surface area contributed by atoms with Crippen molar-refractivity contribution in [1.82, 2.24) is 4.98 Å². The maximum Gasteiger partial charge on any atom is 0.454 e. The summed E-state index contributed by atoms with van der Waals surface area (Å²) < 4.78 is 47.0. The summed E-state index contributed by atoms with van der Waals surface area (Å²) in [5.41, 5.74) is 2.62. The second-order valence-electron chi connectivity index (χ2n) is 7.97. The number of aromatic nitrogens is 1. The monoisotopic (exact) mass is 431 g/mol. The number of nitrogens with zero attached hydrogens (tertiary/aromatic N) is 1. The number of sulfone groups is 1. The molecule has 1 spiro atoms. The third-order valence-corrected chi connectivity index (χ3v) is 7.63. The van der Waals surface area contributed by atoms with E-state index >= 15 is 0 Å². The van der Waals surface area contributed by atoms with Crippen molar-refractivity contribution in [1.29, 1.82) is 0 Å². The Kier molecular flexibility index (Phi) is 4.68. The highest BCUT2D eigenvalue weighted by molar-refractivity contribution is 7.91. The third kappa shape index (κ3) is 3.42. The predicted molar refractivity (Wildman–Crippen MR) is 110 cm³/mol. The van der Waals surface area contributed by atoms with Crippen LogP contribution in [0, 0.1) is 0 Å². The van der Waals surface area contributed by atoms with Crippen LogP contribution in [0.2, 0.25) is 6.32 Å². The first-order valence-corrected chi connectivity index (χ1v) is 11.7. The second-order valence-corrected chi connectivity index (χ2v) is 10.3. The van der Waals surface area contributed by atoms with Crippen LogP contribution in [0.4, 0.5) is 0 Å². The maximum atomic E-state index is 11.9. The molecule has 2 fully saturated rings. The summed E-state index contributed by atoms with van der Waals surface area (Å²) >= 11 is 0. The summed E-state index contributed by atoms with van der Waals surface area (Å²) in [6.45, 7) is 0.449. The number of fused-ring (bicyclic) bond motifs is 1. The van der Waals surface area contributed by atoms with Crippen LogP contribution < -0.4 is 14.2 Å². The molecule has 0 saturated carbocycles. The van der Waals surface area contributed by atoms with Crippen LogP contribution in [-0.4, -0.2) is 56.6 Å². The Morgan fingerprint density at radius 2 is 1.97 bits per heavy atom. The van der Waals surface area contributed by atoms with Crippen LogP contribution in [0.25, 0.3) is 11.1 Å². The second kappa shape index (κ2) is 7.14. The smallest absolute Gasteiger partial charge is 0.454 e. The molecule has 10 heteroatoms. The zero-order chi connectivity index (χ0) is 20.9. The SMILES string of the molecule is COc1ccc(-c2cncc(C3COB(O)C3)c2)c2c1OC1(CCS(=O)(=O)CC1)O2. The summed E-state index contributed by atoms with van der Waals surface area (Å²) in [4.78, 5) is 4.38. The predicted octanol–water partition coefficient (Wildman–Crippen LogP) is 2.03. The van der Waals surface area contributed by atoms with Crippen molar-refractivity contribution in [2.45, 2.75) is 30.9 Å². The lowest BCUT2D eigenvalue weighted by atomic mass is 9.80. The molecule has 30 heavy (non-hydrogen) atoms. The van der Waals surface area contributed by atoms with Gasteiger partial charge < -0.3 is 23.9 Å². The summed E-state index contributed by atoms with van der Waals surface area (Å²) in [5, 5.41) is 9.67. The van der Waals surface area contributed by atoms with Crippen molar-refractivity contribution in [3.63, 3.8) is 0 Å². The zero-order valence-electron chi connectivity index (χ0n) is 16.5. The molecule has 5 rings (SSSR count). The first-order chi connectivity index (χ1) is 14.4. The Morgan fingerprint density at radius 3 is 2.67 bits per heavy atom. The van der Waals surface area contributed by atoms with Crippen molar-refractivity contribution in [3.8, 4) is 28.4 Å². The fourth-order valence-corrected chi connectivity index (χ4v) is 5.69. The molecule has 1 aromatic heterocycles. The van der Waals surface area contributed by atoms with E-state index in [1.54, 1.807) is 19.5 Å². The van der Waals surface area contributed by atoms with Crippen molar-refractivity contribution in [3.05, 3.63) is 36.2 Å². The molecule has 3 aliphatic heterocycles. The van der Waals surface area contributed by atoms with Crippen LogP contribution in [0.5, 0.6) is 17.2 Å². The molecule has 158 valence electrons. The Balaban J connectivity index is 1.51. The summed E-state index contributed by atoms with van der Waals surface area (Å²) in [7, 11) is -2.25. The lowest BCUT2D eigenvalue weighted by Gasteiger charge is -2.31. The summed E-state index contributed by atoms with van der Waals surface area (Å²) in [6, 6.07) is 5.71. The molecule has 0 bridgehead atoms. The van der Waals surface area contributed by atoms with E-state index in [0.717, 1.165) is 16.7 Å². The van der Waals surface area contributed by atoms with Gasteiger partial charge in [0.15, 0.2) is 21.3 Å². The fraction of sp³-hybridized carbons (Fsp3) is 0.450. The van der Waals surface area contributed by atoms with E-state index in [4.69, 9.17) is 18.9 Å². The minimum Gasteiger partial charge on any atom is -0.493 e. The Bertz CT molecular complexity index is 1080. The molecule has 1 aromatic carbocycles. The van der Waals surface area contributed by atoms with E-state index < -0.39 is 22.7 Å². The molecule has 8 nitrogen and oxygen atoms in total. The molecule has 1 atom stereocenters. The molecule has 0 amide bonds. The topological polar surface area (TPSA) is 104 Å². The van der Waals surface area contributed by atoms with Crippen LogP contribution in [0.3, 0.4) is 0 Å². The third-order valence-electron chi connectivity index (χ3n) is 5.98. The molecule has 0 aliphatic carbocycles. The number of rotatable bonds is 3. The Hall–Kier alpha value is -2.30. The standard InChI is InChI=1S/C20H22BNO7S/c1-26-17-3-2-16(14-8-13(10-22-11-14)15-9-21(23)27-12-15)18-19(17)29-20(28-18)4-6-30(24,25)7-5-20/h2-3,8,10-11,15,23H,4-7,9,12H2,1H3. The average molecular weight is 431 g/mol. The van der Waals surface area contributed by atoms with Crippen molar-refractivity contribution >= 4 is 17.0 Å². The average Bonchev–Trinajstić information content (AvgIpc) is 3.34. The van der Waals surface area contributed by atoms with E-state index in [1.807, 2.05) is 18.2 Å². The minimum atomic E-state index is -3.06. The zero-order valence-corrected chi connectivity index (χ0v) is 17.4. The van der Waals surface area contributed by atoms with Gasteiger partial charge in [-0.1, -0.05) is 0 Å². The van der Waals surface area contributed by atoms with Gasteiger partial charge in [0.25, 0.3) is 5.79 Å². The van der Waals surface area contributed by atoms with Crippen molar-refractivity contribution in [2.24, 2.45) is 0 Å². The van der Waals surface area contributed by atoms with Crippen molar-refractivity contribution < 1.29 is 32.3 Å². The fourth-order valence-electron chi connectivity index (χ4n) is 4.24. The molecule has 2 aromatic rings. The van der Waals surface area contributed by atoms with Crippen LogP contribution >= 0.6 is 0 Å². The molecule has 1 N–H and O–H groups in total. The minimum absolute atomic E-state index is 0.0275. The van der Waals surface area contributed by atoms with Gasteiger partial charge in [-0.25, -0.2) is 8.42 Å². The molecule has 3 aliphatic rings. The lowest BCUT2D eigenvalue weighted by Crippen LogP contribution is -2.46. The van der Waals surface area contributed by atoms with Gasteiger partial charge in [0, 0.05) is 48.9 Å². The van der Waals surface area contributed by atoms with E-state index in [-0.39, 0.29) is 30.3 Å².